The van der Waals surface area contributed by atoms with Crippen molar-refractivity contribution in [3.8, 4) is 28.8 Å². The van der Waals surface area contributed by atoms with E-state index in [1.54, 1.807) is 25.3 Å². The Bertz CT molecular complexity index is 1030. The molecule has 1 aromatic heterocycles. The zero-order valence-corrected chi connectivity index (χ0v) is 15.1. The number of nitrogen functional groups attached to an aromatic ring is 2. The third kappa shape index (κ3) is 3.75. The molecule has 1 heterocycles. The van der Waals surface area contributed by atoms with E-state index in [-0.39, 0.29) is 17.3 Å². The van der Waals surface area contributed by atoms with E-state index in [1.165, 1.54) is 0 Å². The quantitative estimate of drug-likeness (QED) is 0.716. The average Bonchev–Trinajstić information content (AvgIpc) is 2.66. The van der Waals surface area contributed by atoms with Crippen LogP contribution >= 0.6 is 0 Å². The zero-order chi connectivity index (χ0) is 19.4. The first-order valence-electron chi connectivity index (χ1n) is 8.22. The van der Waals surface area contributed by atoms with Gasteiger partial charge in [-0.15, -0.1) is 0 Å². The lowest BCUT2D eigenvalue weighted by Crippen LogP contribution is -2.05. The van der Waals surface area contributed by atoms with Crippen LogP contribution < -0.4 is 20.9 Å². The normalized spacial score (nSPS) is 10.3. The summed E-state index contributed by atoms with van der Waals surface area (Å²) in [5, 5.41) is 9.36. The number of aromatic nitrogens is 2. The van der Waals surface area contributed by atoms with Gasteiger partial charge in [-0.1, -0.05) is 24.3 Å². The summed E-state index contributed by atoms with van der Waals surface area (Å²) in [5.41, 5.74) is 14.9. The minimum Gasteiger partial charge on any atom is -0.493 e. The number of anilines is 2. The Hall–Kier alpha value is -3.79. The predicted octanol–water partition coefficient (Wildman–Crippen LogP) is 3.08. The molecule has 3 rings (SSSR count). The molecule has 7 heteroatoms. The van der Waals surface area contributed by atoms with Gasteiger partial charge >= 0.3 is 0 Å². The van der Waals surface area contributed by atoms with E-state index in [1.807, 2.05) is 37.3 Å². The molecule has 0 spiro atoms. The molecule has 27 heavy (non-hydrogen) atoms. The van der Waals surface area contributed by atoms with Crippen molar-refractivity contribution < 1.29 is 9.47 Å². The van der Waals surface area contributed by atoms with E-state index in [0.717, 1.165) is 11.1 Å². The van der Waals surface area contributed by atoms with Crippen LogP contribution in [0.5, 0.6) is 11.5 Å². The van der Waals surface area contributed by atoms with Crippen molar-refractivity contribution in [3.63, 3.8) is 0 Å². The number of nitrogens with zero attached hydrogens (tertiary/aromatic N) is 3. The third-order valence-electron chi connectivity index (χ3n) is 4.15. The van der Waals surface area contributed by atoms with E-state index >= 15 is 0 Å². The molecule has 0 aliphatic rings. The van der Waals surface area contributed by atoms with E-state index in [0.29, 0.717) is 29.4 Å². The molecule has 0 unspecified atom stereocenters. The second-order valence-electron chi connectivity index (χ2n) is 5.88. The van der Waals surface area contributed by atoms with Gasteiger partial charge in [-0.05, 0) is 36.2 Å². The van der Waals surface area contributed by atoms with Gasteiger partial charge in [0.15, 0.2) is 11.5 Å². The van der Waals surface area contributed by atoms with Crippen molar-refractivity contribution in [3.05, 3.63) is 59.2 Å². The molecule has 0 fully saturated rings. The van der Waals surface area contributed by atoms with Crippen LogP contribution in [0, 0.1) is 18.3 Å². The van der Waals surface area contributed by atoms with Crippen molar-refractivity contribution in [2.24, 2.45) is 0 Å². The van der Waals surface area contributed by atoms with Crippen LogP contribution in [0.15, 0.2) is 42.5 Å². The lowest BCUT2D eigenvalue weighted by molar-refractivity contribution is 0.284. The lowest BCUT2D eigenvalue weighted by Gasteiger charge is -2.14. The highest BCUT2D eigenvalue weighted by molar-refractivity contribution is 5.74. The molecule has 0 saturated heterocycles. The number of aryl methyl sites for hydroxylation is 1. The summed E-state index contributed by atoms with van der Waals surface area (Å²) in [7, 11) is 1.55. The first-order valence-corrected chi connectivity index (χ1v) is 8.22. The number of hydrogen-bond donors (Lipinski definition) is 2. The maximum Gasteiger partial charge on any atom is 0.222 e. The summed E-state index contributed by atoms with van der Waals surface area (Å²) in [4.78, 5) is 7.98. The van der Waals surface area contributed by atoms with E-state index < -0.39 is 0 Å². The number of benzene rings is 2. The van der Waals surface area contributed by atoms with Gasteiger partial charge in [0, 0.05) is 5.56 Å². The summed E-state index contributed by atoms with van der Waals surface area (Å²) < 4.78 is 11.4. The highest BCUT2D eigenvalue weighted by Crippen LogP contribution is 2.34. The summed E-state index contributed by atoms with van der Waals surface area (Å²) in [6, 6.07) is 15.3. The fraction of sp³-hybridized carbons (Fsp3) is 0.150. The molecular formula is C20H19N5O2. The molecule has 0 aliphatic heterocycles. The van der Waals surface area contributed by atoms with Gasteiger partial charge in [0.05, 0.1) is 12.8 Å². The molecular weight excluding hydrogens is 342 g/mol. The highest BCUT2D eigenvalue weighted by atomic mass is 16.5. The summed E-state index contributed by atoms with van der Waals surface area (Å²) >= 11 is 0. The summed E-state index contributed by atoms with van der Waals surface area (Å²) in [6.07, 6.45) is 0. The van der Waals surface area contributed by atoms with Gasteiger partial charge < -0.3 is 20.9 Å². The third-order valence-corrected chi connectivity index (χ3v) is 4.15. The number of rotatable bonds is 5. The zero-order valence-electron chi connectivity index (χ0n) is 15.1. The summed E-state index contributed by atoms with van der Waals surface area (Å²) in [5.74, 6) is 1.14. The van der Waals surface area contributed by atoms with Crippen LogP contribution in [0.2, 0.25) is 0 Å². The smallest absolute Gasteiger partial charge is 0.222 e. The van der Waals surface area contributed by atoms with Crippen LogP contribution in [0.4, 0.5) is 11.8 Å². The molecule has 0 amide bonds. The molecule has 0 atom stereocenters. The minimum atomic E-state index is 0.000321. The van der Waals surface area contributed by atoms with Crippen LogP contribution in [-0.4, -0.2) is 17.1 Å². The van der Waals surface area contributed by atoms with Crippen molar-refractivity contribution >= 4 is 11.8 Å². The van der Waals surface area contributed by atoms with Gasteiger partial charge in [0.2, 0.25) is 5.95 Å². The Kier molecular flexibility index (Phi) is 5.08. The van der Waals surface area contributed by atoms with Crippen LogP contribution in [0.3, 0.4) is 0 Å². The van der Waals surface area contributed by atoms with Gasteiger partial charge in [-0.3, -0.25) is 0 Å². The lowest BCUT2D eigenvalue weighted by atomic mass is 10.1. The van der Waals surface area contributed by atoms with E-state index in [2.05, 4.69) is 9.97 Å². The number of ether oxygens (including phenoxy) is 2. The molecule has 7 nitrogen and oxygen atoms in total. The van der Waals surface area contributed by atoms with Gasteiger partial charge in [-0.2, -0.15) is 10.2 Å². The number of nitriles is 1. The molecule has 0 aliphatic carbocycles. The molecule has 136 valence electrons. The minimum absolute atomic E-state index is 0.000321. The highest BCUT2D eigenvalue weighted by Gasteiger charge is 2.15. The second kappa shape index (κ2) is 7.62. The maximum absolute atomic E-state index is 9.36. The molecule has 0 saturated carbocycles. The fourth-order valence-electron chi connectivity index (χ4n) is 2.68. The standard InChI is InChI=1S/C20H19N5O2/c1-12-5-3-4-6-14(12)11-27-16-8-7-13(9-17(16)26-2)18-15(10-21)19(22)25-20(23)24-18/h3-9H,11H2,1-2H3,(H4,22,23,24,25). The maximum atomic E-state index is 9.36. The van der Waals surface area contributed by atoms with E-state index in [9.17, 15) is 5.26 Å². The Morgan fingerprint density at radius 3 is 2.56 bits per heavy atom. The molecule has 3 aromatic rings. The number of hydrogen-bond acceptors (Lipinski definition) is 7. The first-order chi connectivity index (χ1) is 13.0. The van der Waals surface area contributed by atoms with Crippen LogP contribution in [0.1, 0.15) is 16.7 Å². The van der Waals surface area contributed by atoms with Crippen molar-refractivity contribution in [2.75, 3.05) is 18.6 Å². The van der Waals surface area contributed by atoms with Gasteiger partial charge in [0.1, 0.15) is 24.1 Å². The Morgan fingerprint density at radius 1 is 1.07 bits per heavy atom. The fourth-order valence-corrected chi connectivity index (χ4v) is 2.68. The number of nitrogens with two attached hydrogens (primary N) is 2. The summed E-state index contributed by atoms with van der Waals surface area (Å²) in [6.45, 7) is 2.45. The second-order valence-corrected chi connectivity index (χ2v) is 5.88. The SMILES string of the molecule is COc1cc(-c2nc(N)nc(N)c2C#N)ccc1OCc1ccccc1C. The van der Waals surface area contributed by atoms with Gasteiger partial charge in [-0.25, -0.2) is 4.98 Å². The van der Waals surface area contributed by atoms with Crippen molar-refractivity contribution in [1.82, 2.24) is 9.97 Å². The molecule has 0 bridgehead atoms. The van der Waals surface area contributed by atoms with Crippen molar-refractivity contribution in [2.45, 2.75) is 13.5 Å². The first kappa shape index (κ1) is 18.0. The Labute approximate surface area is 157 Å². The van der Waals surface area contributed by atoms with E-state index in [4.69, 9.17) is 20.9 Å². The average molecular weight is 361 g/mol. The monoisotopic (exact) mass is 361 g/mol. The molecule has 2 aromatic carbocycles. The van der Waals surface area contributed by atoms with Gasteiger partial charge in [0.25, 0.3) is 0 Å². The number of methoxy groups -OCH3 is 1. The van der Waals surface area contributed by atoms with Crippen LogP contribution in [0.25, 0.3) is 11.3 Å². The molecule has 4 N–H and O–H groups in total. The Balaban J connectivity index is 1.94. The van der Waals surface area contributed by atoms with Crippen LogP contribution in [-0.2, 0) is 6.61 Å². The molecule has 0 radical (unpaired) electrons. The van der Waals surface area contributed by atoms with Crippen molar-refractivity contribution in [1.29, 1.82) is 5.26 Å². The topological polar surface area (TPSA) is 120 Å². The predicted molar refractivity (Wildman–Crippen MR) is 103 cm³/mol. The Morgan fingerprint density at radius 2 is 1.85 bits per heavy atom. The largest absolute Gasteiger partial charge is 0.493 e.